The number of hydrogen-bond donors (Lipinski definition) is 1. The highest BCUT2D eigenvalue weighted by atomic mass is 35.5. The van der Waals surface area contributed by atoms with Crippen molar-refractivity contribution in [2.75, 3.05) is 32.7 Å². The monoisotopic (exact) mass is 423 g/mol. The summed E-state index contributed by atoms with van der Waals surface area (Å²) in [6, 6.07) is 16.9. The molecule has 1 aliphatic carbocycles. The standard InChI is InChI=1S/C25H29N3O.ClH/c29-25(20-10-11-22-21-8-4-5-9-23(21)26-24(22)18-20)28-16-14-27(15-17-28)13-12-19-6-2-1-3-7-19;/h1-3,6-7,10-11,18,26H,4-5,8-9,12-17H2;1H. The van der Waals surface area contributed by atoms with E-state index in [4.69, 9.17) is 0 Å². The van der Waals surface area contributed by atoms with Crippen LogP contribution in [-0.2, 0) is 19.3 Å². The number of H-pyrrole nitrogens is 1. The molecule has 0 atom stereocenters. The zero-order valence-electron chi connectivity index (χ0n) is 17.4. The number of aromatic amines is 1. The molecule has 2 aliphatic rings. The lowest BCUT2D eigenvalue weighted by Crippen LogP contribution is -2.49. The summed E-state index contributed by atoms with van der Waals surface area (Å²) in [5.41, 5.74) is 6.17. The highest BCUT2D eigenvalue weighted by Crippen LogP contribution is 2.29. The summed E-state index contributed by atoms with van der Waals surface area (Å²) in [5.74, 6) is 0.169. The first kappa shape index (κ1) is 21.0. The first-order chi connectivity index (χ1) is 14.3. The van der Waals surface area contributed by atoms with E-state index in [0.717, 1.165) is 63.1 Å². The maximum Gasteiger partial charge on any atom is 0.254 e. The van der Waals surface area contributed by atoms with Crippen LogP contribution in [0.4, 0.5) is 0 Å². The number of carbonyl (C=O) groups excluding carboxylic acids is 1. The number of carbonyl (C=O) groups is 1. The molecule has 1 saturated heterocycles. The van der Waals surface area contributed by atoms with Gasteiger partial charge in [0.15, 0.2) is 0 Å². The Balaban J connectivity index is 0.00000218. The lowest BCUT2D eigenvalue weighted by Gasteiger charge is -2.34. The quantitative estimate of drug-likeness (QED) is 0.672. The van der Waals surface area contributed by atoms with E-state index in [1.54, 1.807) is 0 Å². The molecule has 1 N–H and O–H groups in total. The minimum absolute atomic E-state index is 0. The van der Waals surface area contributed by atoms with Gasteiger partial charge in [-0.15, -0.1) is 12.4 Å². The van der Waals surface area contributed by atoms with Crippen LogP contribution in [0.5, 0.6) is 0 Å². The molecule has 30 heavy (non-hydrogen) atoms. The van der Waals surface area contributed by atoms with Gasteiger partial charge in [-0.25, -0.2) is 0 Å². The van der Waals surface area contributed by atoms with Gasteiger partial charge in [0.25, 0.3) is 5.91 Å². The number of aryl methyl sites for hydroxylation is 2. The minimum atomic E-state index is 0. The Morgan fingerprint density at radius 2 is 1.70 bits per heavy atom. The SMILES string of the molecule is Cl.O=C(c1ccc2c3c([nH]c2c1)CCCC3)N1CCN(CCc2ccccc2)CC1. The van der Waals surface area contributed by atoms with E-state index in [0.29, 0.717) is 0 Å². The van der Waals surface area contributed by atoms with Gasteiger partial charge in [0.05, 0.1) is 0 Å². The molecule has 1 aromatic heterocycles. The first-order valence-corrected chi connectivity index (χ1v) is 11.0. The van der Waals surface area contributed by atoms with Gasteiger partial charge in [-0.2, -0.15) is 0 Å². The fourth-order valence-electron chi connectivity index (χ4n) is 4.84. The second kappa shape index (κ2) is 9.23. The molecule has 0 radical (unpaired) electrons. The van der Waals surface area contributed by atoms with Crippen molar-refractivity contribution in [1.29, 1.82) is 0 Å². The number of nitrogens with zero attached hydrogens (tertiary/aromatic N) is 2. The molecule has 3 aromatic rings. The van der Waals surface area contributed by atoms with Gasteiger partial charge in [0, 0.05) is 54.9 Å². The second-order valence-corrected chi connectivity index (χ2v) is 8.42. The van der Waals surface area contributed by atoms with Crippen molar-refractivity contribution in [2.24, 2.45) is 0 Å². The summed E-state index contributed by atoms with van der Waals surface area (Å²) in [5, 5.41) is 1.31. The van der Waals surface area contributed by atoms with Crippen molar-refractivity contribution in [1.82, 2.24) is 14.8 Å². The van der Waals surface area contributed by atoms with E-state index in [9.17, 15) is 4.79 Å². The third kappa shape index (κ3) is 4.26. The molecule has 0 spiro atoms. The second-order valence-electron chi connectivity index (χ2n) is 8.42. The van der Waals surface area contributed by atoms with E-state index in [-0.39, 0.29) is 18.3 Å². The summed E-state index contributed by atoms with van der Waals surface area (Å²) >= 11 is 0. The van der Waals surface area contributed by atoms with Gasteiger partial charge in [0.2, 0.25) is 0 Å². The third-order valence-corrected chi connectivity index (χ3v) is 6.56. The Hall–Kier alpha value is -2.30. The number of amides is 1. The number of piperazine rings is 1. The number of benzene rings is 2. The molecule has 4 nitrogen and oxygen atoms in total. The van der Waals surface area contributed by atoms with Gasteiger partial charge in [-0.05, 0) is 55.4 Å². The maximum atomic E-state index is 13.1. The Morgan fingerprint density at radius 1 is 0.933 bits per heavy atom. The first-order valence-electron chi connectivity index (χ1n) is 11.0. The molecule has 1 amide bonds. The normalized spacial score (nSPS) is 16.9. The van der Waals surface area contributed by atoms with Crippen molar-refractivity contribution in [3.8, 4) is 0 Å². The van der Waals surface area contributed by atoms with E-state index < -0.39 is 0 Å². The highest BCUT2D eigenvalue weighted by molar-refractivity contribution is 5.99. The van der Waals surface area contributed by atoms with Crippen LogP contribution in [0.1, 0.15) is 40.0 Å². The lowest BCUT2D eigenvalue weighted by atomic mass is 9.95. The van der Waals surface area contributed by atoms with Crippen LogP contribution < -0.4 is 0 Å². The molecular formula is C25H30ClN3O. The van der Waals surface area contributed by atoms with E-state index in [1.807, 2.05) is 11.0 Å². The molecule has 0 saturated carbocycles. The predicted molar refractivity (Wildman–Crippen MR) is 125 cm³/mol. The van der Waals surface area contributed by atoms with Gasteiger partial charge < -0.3 is 9.88 Å². The predicted octanol–water partition coefficient (Wildman–Crippen LogP) is 4.47. The Labute approximate surface area is 184 Å². The number of aromatic nitrogens is 1. The summed E-state index contributed by atoms with van der Waals surface area (Å²) in [6.45, 7) is 4.60. The molecule has 1 fully saturated rings. The van der Waals surface area contributed by atoms with Gasteiger partial charge in [0.1, 0.15) is 0 Å². The summed E-state index contributed by atoms with van der Waals surface area (Å²) in [4.78, 5) is 21.1. The van der Waals surface area contributed by atoms with Crippen LogP contribution in [0.3, 0.4) is 0 Å². The number of nitrogens with one attached hydrogen (secondary N) is 1. The Kier molecular flexibility index (Phi) is 6.45. The summed E-state index contributed by atoms with van der Waals surface area (Å²) in [6.07, 6.45) is 5.91. The zero-order chi connectivity index (χ0) is 19.6. The van der Waals surface area contributed by atoms with Crippen LogP contribution in [0.2, 0.25) is 0 Å². The van der Waals surface area contributed by atoms with Crippen LogP contribution >= 0.6 is 12.4 Å². The summed E-state index contributed by atoms with van der Waals surface area (Å²) in [7, 11) is 0. The van der Waals surface area contributed by atoms with E-state index in [2.05, 4.69) is 52.3 Å². The summed E-state index contributed by atoms with van der Waals surface area (Å²) < 4.78 is 0. The third-order valence-electron chi connectivity index (χ3n) is 6.56. The van der Waals surface area contributed by atoms with Gasteiger partial charge >= 0.3 is 0 Å². The van der Waals surface area contributed by atoms with Crippen molar-refractivity contribution < 1.29 is 4.79 Å². The Bertz CT molecular complexity index is 1010. The molecule has 2 aromatic carbocycles. The smallest absolute Gasteiger partial charge is 0.254 e. The van der Waals surface area contributed by atoms with Gasteiger partial charge in [-0.3, -0.25) is 9.69 Å². The molecule has 2 heterocycles. The number of hydrogen-bond acceptors (Lipinski definition) is 2. The van der Waals surface area contributed by atoms with Crippen LogP contribution in [-0.4, -0.2) is 53.4 Å². The van der Waals surface area contributed by atoms with Crippen molar-refractivity contribution in [3.63, 3.8) is 0 Å². The Morgan fingerprint density at radius 3 is 2.50 bits per heavy atom. The minimum Gasteiger partial charge on any atom is -0.358 e. The number of halogens is 1. The fourth-order valence-corrected chi connectivity index (χ4v) is 4.84. The van der Waals surface area contributed by atoms with Crippen LogP contribution in [0.25, 0.3) is 10.9 Å². The van der Waals surface area contributed by atoms with Crippen LogP contribution in [0.15, 0.2) is 48.5 Å². The van der Waals surface area contributed by atoms with Gasteiger partial charge in [-0.1, -0.05) is 36.4 Å². The van der Waals surface area contributed by atoms with Crippen LogP contribution in [0, 0.1) is 0 Å². The number of rotatable bonds is 4. The average molecular weight is 424 g/mol. The number of fused-ring (bicyclic) bond motifs is 3. The zero-order valence-corrected chi connectivity index (χ0v) is 18.2. The van der Waals surface area contributed by atoms with Crippen molar-refractivity contribution in [3.05, 3.63) is 70.9 Å². The molecule has 0 bridgehead atoms. The molecule has 0 unspecified atom stereocenters. The molecule has 1 aliphatic heterocycles. The maximum absolute atomic E-state index is 13.1. The molecule has 5 rings (SSSR count). The molecule has 5 heteroatoms. The molecular weight excluding hydrogens is 394 g/mol. The van der Waals surface area contributed by atoms with E-state index in [1.165, 1.54) is 35.0 Å². The molecule has 158 valence electrons. The topological polar surface area (TPSA) is 39.3 Å². The highest BCUT2D eigenvalue weighted by Gasteiger charge is 2.23. The lowest BCUT2D eigenvalue weighted by molar-refractivity contribution is 0.0638. The van der Waals surface area contributed by atoms with Crippen molar-refractivity contribution in [2.45, 2.75) is 32.1 Å². The van der Waals surface area contributed by atoms with Crippen molar-refractivity contribution >= 4 is 29.2 Å². The average Bonchev–Trinajstić information content (AvgIpc) is 3.16. The fraction of sp³-hybridized carbons (Fsp3) is 0.400. The largest absolute Gasteiger partial charge is 0.358 e. The van der Waals surface area contributed by atoms with E-state index >= 15 is 0 Å².